The predicted octanol–water partition coefficient (Wildman–Crippen LogP) is 3.13. The maximum atomic E-state index is 12.1. The van der Waals surface area contributed by atoms with E-state index in [9.17, 15) is 10.1 Å². The Kier molecular flexibility index (Phi) is 4.30. The van der Waals surface area contributed by atoms with Crippen molar-refractivity contribution in [2.24, 2.45) is 13.0 Å². The highest BCUT2D eigenvalue weighted by Gasteiger charge is 2.24. The van der Waals surface area contributed by atoms with Crippen molar-refractivity contribution in [2.45, 2.75) is 26.2 Å². The number of amides is 1. The molecule has 1 atom stereocenters. The number of anilines is 1. The number of aromatic nitrogens is 2. The number of carbonyl (C=O) groups excluding carboxylic acids is 1. The van der Waals surface area contributed by atoms with Gasteiger partial charge in [0, 0.05) is 29.8 Å². The Labute approximate surface area is 139 Å². The minimum absolute atomic E-state index is 0.225. The van der Waals surface area contributed by atoms with Crippen molar-refractivity contribution >= 4 is 28.3 Å². The molecule has 1 unspecified atom stereocenters. The second kappa shape index (κ2) is 6.39. The minimum atomic E-state index is -0.225. The SMILES string of the molecule is CC1CCc2c(sc(NC(=O)C=Cc3cnn(C)c3)c2C#N)C1. The lowest BCUT2D eigenvalue weighted by Gasteiger charge is -2.17. The Morgan fingerprint density at radius 3 is 3.13 bits per heavy atom. The van der Waals surface area contributed by atoms with Gasteiger partial charge in [-0.25, -0.2) is 0 Å². The van der Waals surface area contributed by atoms with E-state index < -0.39 is 0 Å². The Morgan fingerprint density at radius 2 is 2.43 bits per heavy atom. The number of nitrogens with zero attached hydrogens (tertiary/aromatic N) is 3. The summed E-state index contributed by atoms with van der Waals surface area (Å²) in [5, 5.41) is 17.0. The highest BCUT2D eigenvalue weighted by Crippen LogP contribution is 2.39. The third-order valence-electron chi connectivity index (χ3n) is 4.01. The second-order valence-corrected chi connectivity index (χ2v) is 7.04. The predicted molar refractivity (Wildman–Crippen MR) is 91.1 cm³/mol. The van der Waals surface area contributed by atoms with Gasteiger partial charge in [-0.1, -0.05) is 6.92 Å². The molecule has 23 heavy (non-hydrogen) atoms. The highest BCUT2D eigenvalue weighted by molar-refractivity contribution is 7.16. The van der Waals surface area contributed by atoms with E-state index in [4.69, 9.17) is 0 Å². The largest absolute Gasteiger partial charge is 0.313 e. The number of nitriles is 1. The second-order valence-electron chi connectivity index (χ2n) is 5.94. The summed E-state index contributed by atoms with van der Waals surface area (Å²) in [6.07, 6.45) is 9.73. The van der Waals surface area contributed by atoms with Gasteiger partial charge in [0.25, 0.3) is 0 Å². The molecule has 0 fully saturated rings. The fourth-order valence-corrected chi connectivity index (χ4v) is 4.17. The summed E-state index contributed by atoms with van der Waals surface area (Å²) in [6.45, 7) is 2.23. The summed E-state index contributed by atoms with van der Waals surface area (Å²) in [7, 11) is 1.83. The fraction of sp³-hybridized carbons (Fsp3) is 0.353. The van der Waals surface area contributed by atoms with E-state index >= 15 is 0 Å². The molecule has 0 aliphatic heterocycles. The van der Waals surface area contributed by atoms with Crippen molar-refractivity contribution in [1.82, 2.24) is 9.78 Å². The molecule has 0 saturated carbocycles. The zero-order valence-electron chi connectivity index (χ0n) is 13.2. The van der Waals surface area contributed by atoms with Crippen LogP contribution in [0.25, 0.3) is 6.08 Å². The average Bonchev–Trinajstić information content (AvgIpc) is 3.07. The first-order chi connectivity index (χ1) is 11.1. The number of rotatable bonds is 3. The molecule has 0 aromatic carbocycles. The molecule has 2 heterocycles. The summed E-state index contributed by atoms with van der Waals surface area (Å²) in [6, 6.07) is 2.26. The van der Waals surface area contributed by atoms with E-state index in [0.717, 1.165) is 30.4 Å². The smallest absolute Gasteiger partial charge is 0.249 e. The van der Waals surface area contributed by atoms with Gasteiger partial charge in [-0.2, -0.15) is 10.4 Å². The third-order valence-corrected chi connectivity index (χ3v) is 5.18. The van der Waals surface area contributed by atoms with Crippen molar-refractivity contribution in [3.8, 4) is 6.07 Å². The van der Waals surface area contributed by atoms with Gasteiger partial charge in [0.2, 0.25) is 5.91 Å². The van der Waals surface area contributed by atoms with Crippen molar-refractivity contribution in [1.29, 1.82) is 5.26 Å². The van der Waals surface area contributed by atoms with Crippen molar-refractivity contribution in [2.75, 3.05) is 5.32 Å². The molecule has 0 spiro atoms. The number of aryl methyl sites for hydroxylation is 1. The molecule has 1 aliphatic rings. The summed E-state index contributed by atoms with van der Waals surface area (Å²) in [4.78, 5) is 13.4. The molecule has 3 rings (SSSR count). The van der Waals surface area contributed by atoms with Crippen molar-refractivity contribution in [3.63, 3.8) is 0 Å². The molecule has 2 aromatic heterocycles. The molecule has 118 valence electrons. The van der Waals surface area contributed by atoms with Crippen LogP contribution in [0.4, 0.5) is 5.00 Å². The van der Waals surface area contributed by atoms with E-state index in [0.29, 0.717) is 16.5 Å². The van der Waals surface area contributed by atoms with Gasteiger partial charge in [-0.15, -0.1) is 11.3 Å². The molecule has 1 N–H and O–H groups in total. The van der Waals surface area contributed by atoms with Crippen LogP contribution in [0.3, 0.4) is 0 Å². The first-order valence-corrected chi connectivity index (χ1v) is 8.41. The lowest BCUT2D eigenvalue weighted by molar-refractivity contribution is -0.111. The van der Waals surface area contributed by atoms with E-state index in [1.54, 1.807) is 17.0 Å². The number of fused-ring (bicyclic) bond motifs is 1. The number of carbonyl (C=O) groups is 1. The first kappa shape index (κ1) is 15.5. The van der Waals surface area contributed by atoms with E-state index in [1.807, 2.05) is 13.2 Å². The third kappa shape index (κ3) is 3.35. The topological polar surface area (TPSA) is 70.7 Å². The van der Waals surface area contributed by atoms with Gasteiger partial charge < -0.3 is 5.32 Å². The molecule has 1 aliphatic carbocycles. The maximum absolute atomic E-state index is 12.1. The fourth-order valence-electron chi connectivity index (χ4n) is 2.81. The average molecular weight is 326 g/mol. The van der Waals surface area contributed by atoms with Crippen LogP contribution in [-0.2, 0) is 24.7 Å². The summed E-state index contributed by atoms with van der Waals surface area (Å²) in [5.41, 5.74) is 2.63. The quantitative estimate of drug-likeness (QED) is 0.881. The Morgan fingerprint density at radius 1 is 1.61 bits per heavy atom. The van der Waals surface area contributed by atoms with Crippen LogP contribution in [0.2, 0.25) is 0 Å². The summed E-state index contributed by atoms with van der Waals surface area (Å²) >= 11 is 1.54. The standard InChI is InChI=1S/C17H18N4OS/c1-11-3-5-13-14(8-18)17(23-15(13)7-11)20-16(22)6-4-12-9-19-21(2)10-12/h4,6,9-11H,3,5,7H2,1-2H3,(H,20,22). The van der Waals surface area contributed by atoms with Crippen LogP contribution in [0.1, 0.15) is 34.9 Å². The van der Waals surface area contributed by atoms with E-state index in [-0.39, 0.29) is 5.91 Å². The van der Waals surface area contributed by atoms with Crippen LogP contribution >= 0.6 is 11.3 Å². The monoisotopic (exact) mass is 326 g/mol. The Bertz CT molecular complexity index is 809. The molecule has 0 saturated heterocycles. The molecular weight excluding hydrogens is 308 g/mol. The van der Waals surface area contributed by atoms with Crippen molar-refractivity contribution in [3.05, 3.63) is 40.0 Å². The normalized spacial score (nSPS) is 17.0. The highest BCUT2D eigenvalue weighted by atomic mass is 32.1. The van der Waals surface area contributed by atoms with Gasteiger partial charge in [-0.3, -0.25) is 9.48 Å². The first-order valence-electron chi connectivity index (χ1n) is 7.59. The number of hydrogen-bond acceptors (Lipinski definition) is 4. The lowest BCUT2D eigenvalue weighted by atomic mass is 9.89. The van der Waals surface area contributed by atoms with Crippen LogP contribution in [-0.4, -0.2) is 15.7 Å². The zero-order valence-corrected chi connectivity index (χ0v) is 14.0. The van der Waals surface area contributed by atoms with Crippen LogP contribution in [0.15, 0.2) is 18.5 Å². The molecular formula is C17H18N4OS. The molecule has 5 nitrogen and oxygen atoms in total. The van der Waals surface area contributed by atoms with Crippen LogP contribution < -0.4 is 5.32 Å². The van der Waals surface area contributed by atoms with Crippen LogP contribution in [0, 0.1) is 17.2 Å². The molecule has 2 aromatic rings. The van der Waals surface area contributed by atoms with Crippen LogP contribution in [0.5, 0.6) is 0 Å². The molecule has 6 heteroatoms. The maximum Gasteiger partial charge on any atom is 0.249 e. The summed E-state index contributed by atoms with van der Waals surface area (Å²) in [5.74, 6) is 0.415. The van der Waals surface area contributed by atoms with E-state index in [2.05, 4.69) is 23.4 Å². The minimum Gasteiger partial charge on any atom is -0.313 e. The van der Waals surface area contributed by atoms with Gasteiger partial charge in [0.15, 0.2) is 0 Å². The van der Waals surface area contributed by atoms with E-state index in [1.165, 1.54) is 22.3 Å². The summed E-state index contributed by atoms with van der Waals surface area (Å²) < 4.78 is 1.68. The van der Waals surface area contributed by atoms with Crippen molar-refractivity contribution < 1.29 is 4.79 Å². The Balaban J connectivity index is 1.76. The van der Waals surface area contributed by atoms with Gasteiger partial charge in [0.1, 0.15) is 11.1 Å². The number of hydrogen-bond donors (Lipinski definition) is 1. The number of thiophene rings is 1. The molecule has 0 radical (unpaired) electrons. The number of nitrogens with one attached hydrogen (secondary N) is 1. The lowest BCUT2D eigenvalue weighted by Crippen LogP contribution is -2.10. The van der Waals surface area contributed by atoms with Gasteiger partial charge in [0.05, 0.1) is 11.8 Å². The Hall–Kier alpha value is -2.39. The molecule has 0 bridgehead atoms. The molecule has 1 amide bonds. The van der Waals surface area contributed by atoms with Gasteiger partial charge in [-0.05, 0) is 36.8 Å². The zero-order chi connectivity index (χ0) is 16.4. The van der Waals surface area contributed by atoms with Gasteiger partial charge >= 0.3 is 0 Å².